The van der Waals surface area contributed by atoms with E-state index in [1.807, 2.05) is 18.4 Å². The Kier molecular flexibility index (Phi) is 4.14. The lowest BCUT2D eigenvalue weighted by Crippen LogP contribution is -2.35. The zero-order valence-corrected chi connectivity index (χ0v) is 14.9. The predicted octanol–water partition coefficient (Wildman–Crippen LogP) is 1.78. The van der Waals surface area contributed by atoms with Crippen LogP contribution in [-0.4, -0.2) is 44.7 Å². The molecule has 0 aliphatic carbocycles. The molecule has 2 aromatic rings. The summed E-state index contributed by atoms with van der Waals surface area (Å²) < 4.78 is 2.03. The molecule has 2 aliphatic heterocycles. The summed E-state index contributed by atoms with van der Waals surface area (Å²) in [5.41, 5.74) is 1.40. The zero-order valence-electron chi connectivity index (χ0n) is 14.1. The number of hydrogen-bond acceptors (Lipinski definition) is 5. The number of carbonyl (C=O) groups excluding carboxylic acids is 1. The van der Waals surface area contributed by atoms with Gasteiger partial charge in [0.15, 0.2) is 0 Å². The maximum atomic E-state index is 12.3. The lowest BCUT2D eigenvalue weighted by Gasteiger charge is -2.25. The molecule has 1 fully saturated rings. The number of amides is 1. The van der Waals surface area contributed by atoms with Crippen LogP contribution in [0.1, 0.15) is 35.9 Å². The highest BCUT2D eigenvalue weighted by Crippen LogP contribution is 2.33. The van der Waals surface area contributed by atoms with Gasteiger partial charge >= 0.3 is 0 Å². The first kappa shape index (κ1) is 15.8. The highest BCUT2D eigenvalue weighted by atomic mass is 32.1. The van der Waals surface area contributed by atoms with Crippen molar-refractivity contribution in [1.29, 1.82) is 0 Å². The average Bonchev–Trinajstić information content (AvgIpc) is 3.22. The highest BCUT2D eigenvalue weighted by molar-refractivity contribution is 7.07. The van der Waals surface area contributed by atoms with E-state index in [0.29, 0.717) is 17.7 Å². The predicted molar refractivity (Wildman–Crippen MR) is 92.9 cm³/mol. The van der Waals surface area contributed by atoms with E-state index < -0.39 is 0 Å². The van der Waals surface area contributed by atoms with Gasteiger partial charge in [-0.25, -0.2) is 0 Å². The Hall–Kier alpha value is -1.73. The summed E-state index contributed by atoms with van der Waals surface area (Å²) in [6.45, 7) is 8.00. The van der Waals surface area contributed by atoms with Crippen LogP contribution in [0.3, 0.4) is 0 Å². The molecule has 0 unspecified atom stereocenters. The largest absolute Gasteiger partial charge is 0.347 e. The summed E-state index contributed by atoms with van der Waals surface area (Å²) in [6.07, 6.45) is 0.923. The van der Waals surface area contributed by atoms with Crippen LogP contribution < -0.4 is 5.32 Å². The van der Waals surface area contributed by atoms with Crippen LogP contribution >= 0.6 is 11.3 Å². The fraction of sp³-hybridized carbons (Fsp3) is 0.588. The normalized spacial score (nSPS) is 23.3. The van der Waals surface area contributed by atoms with Crippen molar-refractivity contribution in [3.63, 3.8) is 0 Å². The number of rotatable bonds is 4. The van der Waals surface area contributed by atoms with Crippen LogP contribution in [0.15, 0.2) is 16.8 Å². The summed E-state index contributed by atoms with van der Waals surface area (Å²) >= 11 is 1.76. The second-order valence-electron chi connectivity index (χ2n) is 7.23. The molecule has 0 saturated carbocycles. The van der Waals surface area contributed by atoms with Crippen LogP contribution in [0.2, 0.25) is 0 Å². The van der Waals surface area contributed by atoms with Gasteiger partial charge in [0.05, 0.1) is 0 Å². The minimum atomic E-state index is -0.115. The van der Waals surface area contributed by atoms with Crippen molar-refractivity contribution in [3.05, 3.63) is 34.0 Å². The lowest BCUT2D eigenvalue weighted by molar-refractivity contribution is 0.0924. The van der Waals surface area contributed by atoms with Crippen LogP contribution in [0.4, 0.5) is 0 Å². The molecule has 2 aliphatic rings. The monoisotopic (exact) mass is 345 g/mol. The number of aromatic nitrogens is 3. The second-order valence-corrected chi connectivity index (χ2v) is 8.01. The van der Waals surface area contributed by atoms with Crippen LogP contribution in [-0.2, 0) is 19.5 Å². The van der Waals surface area contributed by atoms with E-state index in [4.69, 9.17) is 0 Å². The molecular formula is C17H23N5OS. The van der Waals surface area contributed by atoms with Crippen molar-refractivity contribution >= 4 is 17.2 Å². The van der Waals surface area contributed by atoms with Gasteiger partial charge in [-0.2, -0.15) is 11.3 Å². The summed E-state index contributed by atoms with van der Waals surface area (Å²) in [5.74, 6) is 2.52. The van der Waals surface area contributed by atoms with Gasteiger partial charge in [-0.05, 0) is 48.1 Å². The van der Waals surface area contributed by atoms with E-state index >= 15 is 0 Å². The molecular weight excluding hydrogens is 322 g/mol. The Bertz CT molecular complexity index is 723. The molecule has 1 N–H and O–H groups in total. The van der Waals surface area contributed by atoms with E-state index in [-0.39, 0.29) is 11.9 Å². The Labute approximate surface area is 145 Å². The van der Waals surface area contributed by atoms with Crippen molar-refractivity contribution in [2.24, 2.45) is 11.8 Å². The standard InChI is InChI=1S/C17H23N5OS/c1-11(2)18-17(23)16-20-19-15-5-13-7-21(6-12-3-4-24-10-12)8-14(13)9-22(15)16/h3-4,10-11,13-14H,5-9H2,1-2H3,(H,18,23)/t13-,14-/m1/s1. The van der Waals surface area contributed by atoms with Crippen molar-refractivity contribution in [1.82, 2.24) is 25.0 Å². The molecule has 6 nitrogen and oxygen atoms in total. The fourth-order valence-electron chi connectivity index (χ4n) is 3.89. The Morgan fingerprint density at radius 3 is 2.92 bits per heavy atom. The third-order valence-electron chi connectivity index (χ3n) is 4.95. The van der Waals surface area contributed by atoms with Gasteiger partial charge in [0.1, 0.15) is 5.82 Å². The summed E-state index contributed by atoms with van der Waals surface area (Å²) in [6, 6.07) is 2.31. The molecule has 4 rings (SSSR count). The molecule has 7 heteroatoms. The van der Waals surface area contributed by atoms with Crippen molar-refractivity contribution in [2.75, 3.05) is 13.1 Å². The minimum Gasteiger partial charge on any atom is -0.347 e. The van der Waals surface area contributed by atoms with Gasteiger partial charge in [0.25, 0.3) is 5.91 Å². The number of carbonyl (C=O) groups is 1. The molecule has 1 saturated heterocycles. The Balaban J connectivity index is 1.46. The number of hydrogen-bond donors (Lipinski definition) is 1. The first-order valence-corrected chi connectivity index (χ1v) is 9.51. The highest BCUT2D eigenvalue weighted by Gasteiger charge is 2.39. The van der Waals surface area contributed by atoms with Gasteiger partial charge < -0.3 is 9.88 Å². The smallest absolute Gasteiger partial charge is 0.289 e. The number of nitrogens with zero attached hydrogens (tertiary/aromatic N) is 4. The molecule has 0 aromatic carbocycles. The van der Waals surface area contributed by atoms with Gasteiger partial charge in [0, 0.05) is 38.6 Å². The molecule has 0 radical (unpaired) electrons. The molecule has 24 heavy (non-hydrogen) atoms. The number of fused-ring (bicyclic) bond motifs is 2. The maximum Gasteiger partial charge on any atom is 0.289 e. The lowest BCUT2D eigenvalue weighted by atomic mass is 9.89. The van der Waals surface area contributed by atoms with Crippen LogP contribution in [0, 0.1) is 11.8 Å². The molecule has 128 valence electrons. The molecule has 2 aromatic heterocycles. The summed E-state index contributed by atoms with van der Waals surface area (Å²) in [7, 11) is 0. The average molecular weight is 345 g/mol. The SMILES string of the molecule is CC(C)NC(=O)c1nnc2n1C[C@H]1CN(Cc3ccsc3)C[C@H]1C2. The third kappa shape index (κ3) is 2.98. The van der Waals surface area contributed by atoms with Crippen LogP contribution in [0.25, 0.3) is 0 Å². The maximum absolute atomic E-state index is 12.3. The van der Waals surface area contributed by atoms with Gasteiger partial charge in [-0.1, -0.05) is 0 Å². The van der Waals surface area contributed by atoms with E-state index in [0.717, 1.165) is 38.4 Å². The third-order valence-corrected chi connectivity index (χ3v) is 5.68. The molecule has 0 bridgehead atoms. The summed E-state index contributed by atoms with van der Waals surface area (Å²) in [5, 5.41) is 15.7. The van der Waals surface area contributed by atoms with Crippen molar-refractivity contribution in [2.45, 2.75) is 39.4 Å². The van der Waals surface area contributed by atoms with Crippen LogP contribution in [0.5, 0.6) is 0 Å². The van der Waals surface area contributed by atoms with Crippen molar-refractivity contribution in [3.8, 4) is 0 Å². The molecule has 1 amide bonds. The number of nitrogens with one attached hydrogen (secondary N) is 1. The van der Waals surface area contributed by atoms with Gasteiger partial charge in [0.2, 0.25) is 5.82 Å². The first-order valence-electron chi connectivity index (χ1n) is 8.56. The minimum absolute atomic E-state index is 0.106. The number of thiophene rings is 1. The van der Waals surface area contributed by atoms with E-state index in [1.54, 1.807) is 11.3 Å². The quantitative estimate of drug-likeness (QED) is 0.917. The van der Waals surface area contributed by atoms with Crippen molar-refractivity contribution < 1.29 is 4.79 Å². The first-order chi connectivity index (χ1) is 11.6. The number of likely N-dealkylation sites (tertiary alicyclic amines) is 1. The molecule has 2 atom stereocenters. The van der Waals surface area contributed by atoms with E-state index in [9.17, 15) is 4.79 Å². The molecule has 0 spiro atoms. The zero-order chi connectivity index (χ0) is 16.7. The Morgan fingerprint density at radius 2 is 2.17 bits per heavy atom. The van der Waals surface area contributed by atoms with Gasteiger partial charge in [-0.15, -0.1) is 10.2 Å². The topological polar surface area (TPSA) is 63.1 Å². The second kappa shape index (κ2) is 6.29. The molecule has 4 heterocycles. The van der Waals surface area contributed by atoms with Gasteiger partial charge in [-0.3, -0.25) is 9.69 Å². The Morgan fingerprint density at radius 1 is 1.33 bits per heavy atom. The summed E-state index contributed by atoms with van der Waals surface area (Å²) in [4.78, 5) is 14.8. The fourth-order valence-corrected chi connectivity index (χ4v) is 4.55. The van der Waals surface area contributed by atoms with E-state index in [1.165, 1.54) is 5.56 Å². The van der Waals surface area contributed by atoms with E-state index in [2.05, 4.69) is 37.2 Å².